The Bertz CT molecular complexity index is 355. The summed E-state index contributed by atoms with van der Waals surface area (Å²) in [5.41, 5.74) is 0. The molecule has 0 saturated heterocycles. The Morgan fingerprint density at radius 3 is 1.42 bits per heavy atom. The van der Waals surface area contributed by atoms with Gasteiger partial charge >= 0.3 is 0 Å². The second kappa shape index (κ2) is 14.0. The third kappa shape index (κ3) is 9.25. The van der Waals surface area contributed by atoms with Gasteiger partial charge in [-0.05, 0) is 42.7 Å². The Morgan fingerprint density at radius 1 is 0.577 bits per heavy atom. The van der Waals surface area contributed by atoms with Gasteiger partial charge in [-0.2, -0.15) is 0 Å². The molecule has 0 aliphatic heterocycles. The second-order valence-corrected chi connectivity index (χ2v) is 9.60. The summed E-state index contributed by atoms with van der Waals surface area (Å²) in [6, 6.07) is 0. The minimum absolute atomic E-state index is 0.0362. The Morgan fingerprint density at radius 2 is 0.962 bits per heavy atom. The van der Waals surface area contributed by atoms with Crippen molar-refractivity contribution in [2.24, 2.45) is 17.8 Å². The molecule has 2 heteroatoms. The predicted molar refractivity (Wildman–Crippen MR) is 114 cm³/mol. The third-order valence-electron chi connectivity index (χ3n) is 7.06. The van der Waals surface area contributed by atoms with Gasteiger partial charge in [-0.3, -0.25) is 4.79 Å². The minimum atomic E-state index is -0.0362. The first-order valence-corrected chi connectivity index (χ1v) is 12.3. The molecule has 2 aliphatic rings. The van der Waals surface area contributed by atoms with E-state index in [-0.39, 0.29) is 11.2 Å². The molecule has 26 heavy (non-hydrogen) atoms. The number of halogens is 1. The SMILES string of the molecule is O=C(Cl)C1CCCCCCCCCC1CC1CCCCCCCCCC1. The zero-order valence-corrected chi connectivity index (χ0v) is 17.9. The lowest BCUT2D eigenvalue weighted by Crippen LogP contribution is -2.24. The Balaban J connectivity index is 1.96. The van der Waals surface area contributed by atoms with Gasteiger partial charge in [-0.25, -0.2) is 0 Å². The van der Waals surface area contributed by atoms with Crippen molar-refractivity contribution in [2.75, 3.05) is 0 Å². The van der Waals surface area contributed by atoms with Gasteiger partial charge in [0.2, 0.25) is 5.24 Å². The zero-order valence-electron chi connectivity index (χ0n) is 17.2. The van der Waals surface area contributed by atoms with Crippen molar-refractivity contribution >= 4 is 16.8 Å². The van der Waals surface area contributed by atoms with E-state index in [4.69, 9.17) is 11.6 Å². The van der Waals surface area contributed by atoms with Gasteiger partial charge in [0.1, 0.15) is 0 Å². The van der Waals surface area contributed by atoms with Crippen molar-refractivity contribution in [3.05, 3.63) is 0 Å². The van der Waals surface area contributed by atoms with E-state index in [9.17, 15) is 4.79 Å². The molecular weight excluding hydrogens is 340 g/mol. The normalized spacial score (nSPS) is 29.3. The summed E-state index contributed by atoms with van der Waals surface area (Å²) in [5, 5.41) is -0.0362. The first kappa shape index (κ1) is 22.3. The van der Waals surface area contributed by atoms with Crippen LogP contribution < -0.4 is 0 Å². The molecule has 2 unspecified atom stereocenters. The van der Waals surface area contributed by atoms with Crippen LogP contribution in [0.3, 0.4) is 0 Å². The van der Waals surface area contributed by atoms with Gasteiger partial charge in [0.25, 0.3) is 0 Å². The van der Waals surface area contributed by atoms with Crippen LogP contribution >= 0.6 is 11.6 Å². The van der Waals surface area contributed by atoms with Crippen molar-refractivity contribution < 1.29 is 4.79 Å². The summed E-state index contributed by atoms with van der Waals surface area (Å²) >= 11 is 6.12. The van der Waals surface area contributed by atoms with E-state index in [1.165, 1.54) is 122 Å². The maximum Gasteiger partial charge on any atom is 0.224 e. The van der Waals surface area contributed by atoms with Crippen LogP contribution in [0.15, 0.2) is 0 Å². The summed E-state index contributed by atoms with van der Waals surface area (Å²) in [7, 11) is 0. The highest BCUT2D eigenvalue weighted by Crippen LogP contribution is 2.36. The molecule has 2 aliphatic carbocycles. The molecule has 0 aromatic rings. The highest BCUT2D eigenvalue weighted by Gasteiger charge is 2.29. The van der Waals surface area contributed by atoms with E-state index in [1.54, 1.807) is 0 Å². The smallest absolute Gasteiger partial charge is 0.224 e. The fraction of sp³-hybridized carbons (Fsp3) is 0.958. The molecule has 0 aromatic carbocycles. The number of hydrogen-bond donors (Lipinski definition) is 0. The minimum Gasteiger partial charge on any atom is -0.281 e. The number of hydrogen-bond acceptors (Lipinski definition) is 1. The standard InChI is InChI=1S/C24H43ClO/c25-24(26)23-19-15-11-7-3-6-10-14-18-22(23)20-21-16-12-8-4-1-2-5-9-13-17-21/h21-23H,1-20H2. The largest absolute Gasteiger partial charge is 0.281 e. The molecule has 0 spiro atoms. The molecular formula is C24H43ClO. The van der Waals surface area contributed by atoms with Crippen LogP contribution in [0.2, 0.25) is 0 Å². The van der Waals surface area contributed by atoms with E-state index in [0.29, 0.717) is 5.92 Å². The van der Waals surface area contributed by atoms with Crippen LogP contribution in [0, 0.1) is 17.8 Å². The van der Waals surface area contributed by atoms with E-state index in [1.807, 2.05) is 0 Å². The summed E-state index contributed by atoms with van der Waals surface area (Å²) in [6.07, 6.45) is 26.9. The lowest BCUT2D eigenvalue weighted by molar-refractivity contribution is -0.117. The summed E-state index contributed by atoms with van der Waals surface area (Å²) in [4.78, 5) is 12.2. The first-order chi connectivity index (χ1) is 12.8. The maximum absolute atomic E-state index is 12.2. The molecule has 0 N–H and O–H groups in total. The van der Waals surface area contributed by atoms with Crippen LogP contribution in [-0.4, -0.2) is 5.24 Å². The molecule has 2 fully saturated rings. The molecule has 2 atom stereocenters. The van der Waals surface area contributed by atoms with Crippen LogP contribution in [-0.2, 0) is 4.79 Å². The van der Waals surface area contributed by atoms with Crippen LogP contribution in [0.5, 0.6) is 0 Å². The molecule has 0 heterocycles. The molecule has 0 amide bonds. The van der Waals surface area contributed by atoms with Gasteiger partial charge in [0.05, 0.1) is 0 Å². The fourth-order valence-electron chi connectivity index (χ4n) is 5.41. The van der Waals surface area contributed by atoms with Crippen LogP contribution in [0.4, 0.5) is 0 Å². The van der Waals surface area contributed by atoms with E-state index >= 15 is 0 Å². The molecule has 0 aromatic heterocycles. The summed E-state index contributed by atoms with van der Waals surface area (Å²) < 4.78 is 0. The average molecular weight is 383 g/mol. The van der Waals surface area contributed by atoms with Crippen molar-refractivity contribution in [1.82, 2.24) is 0 Å². The topological polar surface area (TPSA) is 17.1 Å². The summed E-state index contributed by atoms with van der Waals surface area (Å²) in [5.74, 6) is 1.52. The van der Waals surface area contributed by atoms with E-state index < -0.39 is 0 Å². The molecule has 0 bridgehead atoms. The second-order valence-electron chi connectivity index (χ2n) is 9.23. The molecule has 152 valence electrons. The maximum atomic E-state index is 12.2. The van der Waals surface area contributed by atoms with Crippen molar-refractivity contribution in [3.8, 4) is 0 Å². The number of rotatable bonds is 3. The average Bonchev–Trinajstić information content (AvgIpc) is 2.71. The Hall–Kier alpha value is -0.0400. The monoisotopic (exact) mass is 382 g/mol. The Labute approximate surface area is 168 Å². The van der Waals surface area contributed by atoms with Crippen molar-refractivity contribution in [1.29, 1.82) is 0 Å². The first-order valence-electron chi connectivity index (χ1n) is 12.0. The molecule has 2 rings (SSSR count). The number of carbonyl (C=O) groups is 1. The quantitative estimate of drug-likeness (QED) is 0.447. The predicted octanol–water partition coefficient (Wildman–Crippen LogP) is 8.43. The van der Waals surface area contributed by atoms with Crippen LogP contribution in [0.25, 0.3) is 0 Å². The lowest BCUT2D eigenvalue weighted by atomic mass is 9.77. The van der Waals surface area contributed by atoms with E-state index in [2.05, 4.69) is 0 Å². The van der Waals surface area contributed by atoms with Gasteiger partial charge < -0.3 is 0 Å². The van der Waals surface area contributed by atoms with Crippen LogP contribution in [0.1, 0.15) is 128 Å². The van der Waals surface area contributed by atoms with Gasteiger partial charge in [0, 0.05) is 5.92 Å². The van der Waals surface area contributed by atoms with Gasteiger partial charge in [-0.1, -0.05) is 109 Å². The lowest BCUT2D eigenvalue weighted by Gasteiger charge is -2.29. The van der Waals surface area contributed by atoms with E-state index in [0.717, 1.165) is 12.3 Å². The highest BCUT2D eigenvalue weighted by molar-refractivity contribution is 6.64. The van der Waals surface area contributed by atoms with Gasteiger partial charge in [0.15, 0.2) is 0 Å². The summed E-state index contributed by atoms with van der Waals surface area (Å²) in [6.45, 7) is 0. The fourth-order valence-corrected chi connectivity index (χ4v) is 5.69. The van der Waals surface area contributed by atoms with Crippen molar-refractivity contribution in [2.45, 2.75) is 128 Å². The Kier molecular flexibility index (Phi) is 12.0. The highest BCUT2D eigenvalue weighted by atomic mass is 35.5. The third-order valence-corrected chi connectivity index (χ3v) is 7.34. The zero-order chi connectivity index (χ0) is 18.5. The molecule has 0 radical (unpaired) electrons. The number of carbonyl (C=O) groups excluding carboxylic acids is 1. The molecule has 2 saturated carbocycles. The molecule has 1 nitrogen and oxygen atoms in total. The van der Waals surface area contributed by atoms with Crippen molar-refractivity contribution in [3.63, 3.8) is 0 Å². The van der Waals surface area contributed by atoms with Gasteiger partial charge in [-0.15, -0.1) is 0 Å².